The molecule has 1 aromatic heterocycles. The van der Waals surface area contributed by atoms with Gasteiger partial charge in [0.25, 0.3) is 5.92 Å². The van der Waals surface area contributed by atoms with E-state index >= 15 is 0 Å². The van der Waals surface area contributed by atoms with Crippen molar-refractivity contribution in [1.82, 2.24) is 9.78 Å². The van der Waals surface area contributed by atoms with Gasteiger partial charge in [0.2, 0.25) is 0 Å². The fourth-order valence-electron chi connectivity index (χ4n) is 3.32. The number of hydrogen-bond acceptors (Lipinski definition) is 4. The first-order chi connectivity index (χ1) is 14.2. The number of hydrogen-bond donors (Lipinski definition) is 1. The van der Waals surface area contributed by atoms with Gasteiger partial charge in [0.05, 0.1) is 15.6 Å². The number of rotatable bonds is 5. The maximum absolute atomic E-state index is 14.2. The summed E-state index contributed by atoms with van der Waals surface area (Å²) in [6.45, 7) is 0. The standard InChI is InChI=1S/C16H11Cl2F7N4O2S/c1-28(2)13-11(15(14(30)31)6-16(15,19)20)10(5-26)27-29(13)12-8(17)3-7(4-9(12)18)32(21,22,23,24)25/h3-4H,6H2,1-2H3,(H,30,31). The SMILES string of the molecule is CN(C)c1c(C2(C(=O)O)CC2(F)F)c(C#N)nn1-c1c(Cl)cc(S(F)(F)(F)(F)F)cc1Cl. The lowest BCUT2D eigenvalue weighted by Crippen LogP contribution is -2.30. The lowest BCUT2D eigenvalue weighted by Gasteiger charge is -2.40. The molecule has 1 fully saturated rings. The average Bonchev–Trinajstić information content (AvgIpc) is 2.99. The van der Waals surface area contributed by atoms with Crippen molar-refractivity contribution in [2.24, 2.45) is 0 Å². The van der Waals surface area contributed by atoms with Crippen LogP contribution in [0.15, 0.2) is 17.0 Å². The maximum atomic E-state index is 14.2. The van der Waals surface area contributed by atoms with Gasteiger partial charge in [-0.05, 0) is 12.1 Å². The van der Waals surface area contributed by atoms with Crippen molar-refractivity contribution in [3.63, 3.8) is 0 Å². The summed E-state index contributed by atoms with van der Waals surface area (Å²) in [5.74, 6) is -6.18. The highest BCUT2D eigenvalue weighted by Crippen LogP contribution is 3.02. The molecule has 1 N–H and O–H groups in total. The smallest absolute Gasteiger partial charge is 0.320 e. The summed E-state index contributed by atoms with van der Waals surface area (Å²) in [5, 5.41) is 20.6. The van der Waals surface area contributed by atoms with Crippen molar-refractivity contribution in [2.45, 2.75) is 22.7 Å². The minimum Gasteiger partial charge on any atom is -0.480 e. The van der Waals surface area contributed by atoms with Crippen LogP contribution >= 0.6 is 33.4 Å². The van der Waals surface area contributed by atoms with Gasteiger partial charge < -0.3 is 10.0 Å². The number of halogens is 9. The molecule has 32 heavy (non-hydrogen) atoms. The molecule has 0 bridgehead atoms. The summed E-state index contributed by atoms with van der Waals surface area (Å²) < 4.78 is 94.8. The Hall–Kier alpha value is -2.37. The molecule has 1 aliphatic rings. The Morgan fingerprint density at radius 2 is 1.69 bits per heavy atom. The zero-order valence-electron chi connectivity index (χ0n) is 15.8. The summed E-state index contributed by atoms with van der Waals surface area (Å²) >= 11 is 11.6. The third-order valence-electron chi connectivity index (χ3n) is 4.82. The van der Waals surface area contributed by atoms with Crippen molar-refractivity contribution in [3.8, 4) is 11.8 Å². The molecule has 16 heteroatoms. The highest BCUT2D eigenvalue weighted by Gasteiger charge is 2.79. The van der Waals surface area contributed by atoms with Crippen molar-refractivity contribution in [3.05, 3.63) is 33.4 Å². The number of benzene rings is 1. The topological polar surface area (TPSA) is 82.2 Å². The molecule has 1 atom stereocenters. The van der Waals surface area contributed by atoms with E-state index in [1.807, 2.05) is 0 Å². The number of nitriles is 1. The van der Waals surface area contributed by atoms with E-state index in [1.165, 1.54) is 20.2 Å². The number of nitrogens with zero attached hydrogens (tertiary/aromatic N) is 4. The maximum Gasteiger partial charge on any atom is 0.320 e. The molecule has 0 saturated heterocycles. The Morgan fingerprint density at radius 3 is 2.00 bits per heavy atom. The Morgan fingerprint density at radius 1 is 1.22 bits per heavy atom. The number of carboxylic acid groups (broad SMARTS) is 1. The highest BCUT2D eigenvalue weighted by atomic mass is 35.5. The van der Waals surface area contributed by atoms with Gasteiger partial charge in [0.1, 0.15) is 22.5 Å². The van der Waals surface area contributed by atoms with Crippen molar-refractivity contribution < 1.29 is 38.1 Å². The second-order valence-electron chi connectivity index (χ2n) is 7.26. The fourth-order valence-corrected chi connectivity index (χ4v) is 4.77. The molecule has 1 unspecified atom stereocenters. The molecule has 3 rings (SSSR count). The number of alkyl halides is 2. The van der Waals surface area contributed by atoms with Crippen LogP contribution in [-0.2, 0) is 10.2 Å². The van der Waals surface area contributed by atoms with Gasteiger partial charge in [-0.2, -0.15) is 10.4 Å². The first-order valence-electron chi connectivity index (χ1n) is 8.23. The van der Waals surface area contributed by atoms with Gasteiger partial charge in [-0.25, -0.2) is 13.5 Å². The molecule has 6 nitrogen and oxygen atoms in total. The van der Waals surface area contributed by atoms with Crippen molar-refractivity contribution >= 4 is 45.2 Å². The molecule has 1 aromatic carbocycles. The number of carbonyl (C=O) groups is 1. The van der Waals surface area contributed by atoms with Crippen LogP contribution < -0.4 is 4.90 Å². The second kappa shape index (κ2) is 6.15. The van der Waals surface area contributed by atoms with Crippen LogP contribution in [0.4, 0.5) is 34.0 Å². The quantitative estimate of drug-likeness (QED) is 0.473. The molecule has 1 saturated carbocycles. The predicted octanol–water partition coefficient (Wildman–Crippen LogP) is 6.14. The molecule has 1 heterocycles. The van der Waals surface area contributed by atoms with Crippen molar-refractivity contribution in [1.29, 1.82) is 5.26 Å². The Balaban J connectivity index is 2.39. The van der Waals surface area contributed by atoms with E-state index in [2.05, 4.69) is 5.10 Å². The number of anilines is 1. The van der Waals surface area contributed by atoms with Crippen LogP contribution in [-0.4, -0.2) is 40.9 Å². The summed E-state index contributed by atoms with van der Waals surface area (Å²) in [6.07, 6.45) is -1.17. The van der Waals surface area contributed by atoms with E-state index in [0.29, 0.717) is 4.68 Å². The van der Waals surface area contributed by atoms with Crippen LogP contribution in [0.5, 0.6) is 0 Å². The average molecular weight is 527 g/mol. The zero-order valence-corrected chi connectivity index (χ0v) is 18.1. The summed E-state index contributed by atoms with van der Waals surface area (Å²) in [4.78, 5) is 10.4. The molecule has 0 aliphatic heterocycles. The third kappa shape index (κ3) is 3.52. The molecule has 176 valence electrons. The Labute approximate surface area is 185 Å². The number of aliphatic carboxylic acids is 1. The normalized spacial score (nSPS) is 21.9. The van der Waals surface area contributed by atoms with Crippen LogP contribution in [0.25, 0.3) is 5.69 Å². The van der Waals surface area contributed by atoms with Gasteiger partial charge in [-0.1, -0.05) is 42.6 Å². The van der Waals surface area contributed by atoms with Crippen LogP contribution in [0.2, 0.25) is 10.0 Å². The molecule has 0 radical (unpaired) electrons. The first kappa shape index (κ1) is 24.3. The zero-order chi connectivity index (χ0) is 24.7. The molecule has 0 amide bonds. The number of carboxylic acids is 1. The Bertz CT molecular complexity index is 1200. The number of aromatic nitrogens is 2. The second-order valence-corrected chi connectivity index (χ2v) is 10.5. The van der Waals surface area contributed by atoms with Crippen LogP contribution in [0.3, 0.4) is 0 Å². The van der Waals surface area contributed by atoms with Crippen LogP contribution in [0.1, 0.15) is 17.7 Å². The molecule has 0 spiro atoms. The Kier molecular flexibility index (Phi) is 4.66. The van der Waals surface area contributed by atoms with Gasteiger partial charge in [0.15, 0.2) is 11.1 Å². The monoisotopic (exact) mass is 526 g/mol. The van der Waals surface area contributed by atoms with Gasteiger partial charge in [-0.15, -0.1) is 0 Å². The van der Waals surface area contributed by atoms with Crippen molar-refractivity contribution in [2.75, 3.05) is 19.0 Å². The van der Waals surface area contributed by atoms with E-state index in [9.17, 15) is 43.4 Å². The third-order valence-corrected chi connectivity index (χ3v) is 6.52. The summed E-state index contributed by atoms with van der Waals surface area (Å²) in [6, 6.07) is 1.24. The summed E-state index contributed by atoms with van der Waals surface area (Å²) in [5.41, 5.74) is -4.97. The predicted molar refractivity (Wildman–Crippen MR) is 103 cm³/mol. The highest BCUT2D eigenvalue weighted by molar-refractivity contribution is 8.45. The van der Waals surface area contributed by atoms with E-state index in [4.69, 9.17) is 23.2 Å². The molecular formula is C16H11Cl2F7N4O2S. The van der Waals surface area contributed by atoms with Crippen LogP contribution in [0, 0.1) is 11.3 Å². The van der Waals surface area contributed by atoms with E-state index < -0.39 is 71.7 Å². The first-order valence-corrected chi connectivity index (χ1v) is 10.9. The molecular weight excluding hydrogens is 516 g/mol. The summed E-state index contributed by atoms with van der Waals surface area (Å²) in [7, 11) is -7.68. The van der Waals surface area contributed by atoms with E-state index in [0.717, 1.165) is 4.90 Å². The minimum absolute atomic E-state index is 0.115. The molecule has 2 aromatic rings. The van der Waals surface area contributed by atoms with E-state index in [-0.39, 0.29) is 12.1 Å². The minimum atomic E-state index is -10.2. The molecule has 1 aliphatic carbocycles. The van der Waals surface area contributed by atoms with Gasteiger partial charge >= 0.3 is 16.2 Å². The van der Waals surface area contributed by atoms with E-state index in [1.54, 1.807) is 0 Å². The fraction of sp³-hybridized carbons (Fsp3) is 0.312. The van der Waals surface area contributed by atoms with Gasteiger partial charge in [-0.3, -0.25) is 4.79 Å². The lowest BCUT2D eigenvalue weighted by atomic mass is 9.94. The lowest BCUT2D eigenvalue weighted by molar-refractivity contribution is -0.142. The van der Waals surface area contributed by atoms with Gasteiger partial charge in [0, 0.05) is 20.5 Å². The largest absolute Gasteiger partial charge is 0.480 e.